The van der Waals surface area contributed by atoms with Crippen LogP contribution in [0.5, 0.6) is 17.2 Å². The number of rotatable bonds is 4. The number of methoxy groups -OCH3 is 1. The summed E-state index contributed by atoms with van der Waals surface area (Å²) in [6.07, 6.45) is 0.855. The first kappa shape index (κ1) is 13.0. The number of carbonyl (C=O) groups is 1. The minimum atomic E-state index is -0.605. The summed E-state index contributed by atoms with van der Waals surface area (Å²) in [7, 11) is 1.54. The van der Waals surface area contributed by atoms with Gasteiger partial charge < -0.3 is 18.9 Å². The van der Waals surface area contributed by atoms with Crippen molar-refractivity contribution in [2.24, 2.45) is 5.10 Å². The molecule has 0 radical (unpaired) electrons. The molecule has 19 heavy (non-hydrogen) atoms. The van der Waals surface area contributed by atoms with Crippen LogP contribution in [0.3, 0.4) is 0 Å². The molecule has 7 heteroatoms. The number of nitrogens with one attached hydrogen (secondary N) is 1. The van der Waals surface area contributed by atoms with Crippen LogP contribution in [-0.4, -0.2) is 32.8 Å². The highest BCUT2D eigenvalue weighted by Gasteiger charge is 2.19. The lowest BCUT2D eigenvalue weighted by atomic mass is 10.2. The van der Waals surface area contributed by atoms with Gasteiger partial charge >= 0.3 is 6.09 Å². The van der Waals surface area contributed by atoms with Gasteiger partial charge in [0, 0.05) is 5.56 Å². The maximum absolute atomic E-state index is 11.0. The molecular formula is C12H14N2O5. The molecule has 0 bridgehead atoms. The second-order valence-electron chi connectivity index (χ2n) is 3.55. The van der Waals surface area contributed by atoms with Gasteiger partial charge in [-0.15, -0.1) is 0 Å². The number of fused-ring (bicyclic) bond motifs is 1. The third kappa shape index (κ3) is 3.06. The molecule has 1 N–H and O–H groups in total. The van der Waals surface area contributed by atoms with Gasteiger partial charge in [-0.05, 0) is 19.1 Å². The molecule has 0 saturated heterocycles. The van der Waals surface area contributed by atoms with Crippen molar-refractivity contribution < 1.29 is 23.7 Å². The van der Waals surface area contributed by atoms with E-state index >= 15 is 0 Å². The highest BCUT2D eigenvalue weighted by Crippen LogP contribution is 2.41. The molecule has 0 spiro atoms. The van der Waals surface area contributed by atoms with Crippen molar-refractivity contribution in [1.29, 1.82) is 0 Å². The van der Waals surface area contributed by atoms with Crippen LogP contribution in [0.4, 0.5) is 4.79 Å². The molecule has 1 aromatic carbocycles. The molecule has 7 nitrogen and oxygen atoms in total. The van der Waals surface area contributed by atoms with Gasteiger partial charge in [0.2, 0.25) is 12.5 Å². The standard InChI is InChI=1S/C12H14N2O5/c1-3-17-12(15)14-13-6-8-4-9(16-2)11-10(5-8)18-7-19-11/h4-6H,3,7H2,1-2H3,(H,14,15)/b13-6+. The number of carbonyl (C=O) groups excluding carboxylic acids is 1. The highest BCUT2D eigenvalue weighted by atomic mass is 16.7. The van der Waals surface area contributed by atoms with Crippen molar-refractivity contribution in [2.75, 3.05) is 20.5 Å². The molecule has 1 aromatic rings. The summed E-state index contributed by atoms with van der Waals surface area (Å²) in [5.41, 5.74) is 2.94. The number of hydrogen-bond acceptors (Lipinski definition) is 6. The van der Waals surface area contributed by atoms with Crippen LogP contribution in [0, 0.1) is 0 Å². The number of hydrazone groups is 1. The fraction of sp³-hybridized carbons (Fsp3) is 0.333. The van der Waals surface area contributed by atoms with Crippen molar-refractivity contribution in [3.05, 3.63) is 17.7 Å². The number of amides is 1. The molecule has 1 amide bonds. The van der Waals surface area contributed by atoms with Crippen LogP contribution >= 0.6 is 0 Å². The number of nitrogens with zero attached hydrogens (tertiary/aromatic N) is 1. The van der Waals surface area contributed by atoms with E-state index < -0.39 is 6.09 Å². The van der Waals surface area contributed by atoms with E-state index in [2.05, 4.69) is 15.3 Å². The maximum Gasteiger partial charge on any atom is 0.427 e. The van der Waals surface area contributed by atoms with Crippen LogP contribution in [0.2, 0.25) is 0 Å². The summed E-state index contributed by atoms with van der Waals surface area (Å²) < 4.78 is 20.4. The van der Waals surface area contributed by atoms with E-state index in [9.17, 15) is 4.79 Å². The van der Waals surface area contributed by atoms with Crippen LogP contribution < -0.4 is 19.6 Å². The van der Waals surface area contributed by atoms with Crippen LogP contribution in [0.15, 0.2) is 17.2 Å². The largest absolute Gasteiger partial charge is 0.493 e. The summed E-state index contributed by atoms with van der Waals surface area (Å²) in [5, 5.41) is 3.76. The van der Waals surface area contributed by atoms with E-state index in [4.69, 9.17) is 14.2 Å². The lowest BCUT2D eigenvalue weighted by molar-refractivity contribution is 0.152. The van der Waals surface area contributed by atoms with E-state index in [1.807, 2.05) is 0 Å². The van der Waals surface area contributed by atoms with E-state index in [0.29, 0.717) is 29.4 Å². The molecule has 0 atom stereocenters. The maximum atomic E-state index is 11.0. The lowest BCUT2D eigenvalue weighted by Gasteiger charge is -2.05. The van der Waals surface area contributed by atoms with Crippen LogP contribution in [0.25, 0.3) is 0 Å². The zero-order chi connectivity index (χ0) is 13.7. The topological polar surface area (TPSA) is 78.4 Å². The average Bonchev–Trinajstić information content (AvgIpc) is 2.86. The van der Waals surface area contributed by atoms with Crippen molar-refractivity contribution in [1.82, 2.24) is 5.43 Å². The Labute approximate surface area is 110 Å². The van der Waals surface area contributed by atoms with Gasteiger partial charge in [0.25, 0.3) is 0 Å². The molecule has 0 saturated carbocycles. The van der Waals surface area contributed by atoms with Gasteiger partial charge in [-0.2, -0.15) is 5.10 Å². The molecule has 0 aromatic heterocycles. The predicted molar refractivity (Wildman–Crippen MR) is 66.9 cm³/mol. The Morgan fingerprint density at radius 3 is 3.11 bits per heavy atom. The van der Waals surface area contributed by atoms with Crippen molar-refractivity contribution >= 4 is 12.3 Å². The molecular weight excluding hydrogens is 252 g/mol. The second kappa shape index (κ2) is 5.94. The summed E-state index contributed by atoms with van der Waals surface area (Å²) in [6.45, 7) is 2.17. The Morgan fingerprint density at radius 1 is 1.53 bits per heavy atom. The molecule has 0 fully saturated rings. The molecule has 1 aliphatic rings. The number of benzene rings is 1. The Kier molecular flexibility index (Phi) is 4.07. The smallest absolute Gasteiger partial charge is 0.427 e. The minimum absolute atomic E-state index is 0.160. The minimum Gasteiger partial charge on any atom is -0.493 e. The van der Waals surface area contributed by atoms with Crippen molar-refractivity contribution in [2.45, 2.75) is 6.92 Å². The van der Waals surface area contributed by atoms with Gasteiger partial charge in [-0.1, -0.05) is 0 Å². The van der Waals surface area contributed by atoms with Gasteiger partial charge in [-0.25, -0.2) is 10.2 Å². The summed E-state index contributed by atoms with van der Waals surface area (Å²) in [6, 6.07) is 3.46. The molecule has 102 valence electrons. The normalized spacial score (nSPS) is 12.5. The van der Waals surface area contributed by atoms with E-state index in [1.54, 1.807) is 19.1 Å². The van der Waals surface area contributed by atoms with Gasteiger partial charge in [0.15, 0.2) is 11.5 Å². The Bertz CT molecular complexity index is 501. The second-order valence-corrected chi connectivity index (χ2v) is 3.55. The molecule has 0 unspecified atom stereocenters. The zero-order valence-corrected chi connectivity index (χ0v) is 10.6. The first-order valence-corrected chi connectivity index (χ1v) is 5.68. The van der Waals surface area contributed by atoms with Crippen molar-refractivity contribution in [3.63, 3.8) is 0 Å². The first-order valence-electron chi connectivity index (χ1n) is 5.68. The molecule has 1 aliphatic heterocycles. The number of hydrogen-bond donors (Lipinski definition) is 1. The lowest BCUT2D eigenvalue weighted by Crippen LogP contribution is -2.18. The molecule has 1 heterocycles. The predicted octanol–water partition coefficient (Wildman–Crippen LogP) is 1.50. The summed E-state index contributed by atoms with van der Waals surface area (Å²) in [4.78, 5) is 11.0. The fourth-order valence-electron chi connectivity index (χ4n) is 1.55. The quantitative estimate of drug-likeness (QED) is 0.660. The van der Waals surface area contributed by atoms with Gasteiger partial charge in [0.1, 0.15) is 0 Å². The Morgan fingerprint density at radius 2 is 2.37 bits per heavy atom. The number of ether oxygens (including phenoxy) is 4. The SMILES string of the molecule is CCOC(=O)N/N=C/c1cc(OC)c2c(c1)OCO2. The monoisotopic (exact) mass is 266 g/mol. The van der Waals surface area contributed by atoms with E-state index in [1.165, 1.54) is 13.3 Å². The first-order chi connectivity index (χ1) is 9.24. The third-order valence-electron chi connectivity index (χ3n) is 2.33. The van der Waals surface area contributed by atoms with Crippen LogP contribution in [0.1, 0.15) is 12.5 Å². The summed E-state index contributed by atoms with van der Waals surface area (Å²) in [5.74, 6) is 1.70. The van der Waals surface area contributed by atoms with Gasteiger partial charge in [0.05, 0.1) is 19.9 Å². The zero-order valence-electron chi connectivity index (χ0n) is 10.6. The van der Waals surface area contributed by atoms with Gasteiger partial charge in [-0.3, -0.25) is 0 Å². The van der Waals surface area contributed by atoms with Crippen molar-refractivity contribution in [3.8, 4) is 17.2 Å². The fourth-order valence-corrected chi connectivity index (χ4v) is 1.55. The average molecular weight is 266 g/mol. The third-order valence-corrected chi connectivity index (χ3v) is 2.33. The van der Waals surface area contributed by atoms with E-state index in [0.717, 1.165) is 0 Å². The van der Waals surface area contributed by atoms with E-state index in [-0.39, 0.29) is 6.79 Å². The Hall–Kier alpha value is -2.44. The Balaban J connectivity index is 2.09. The van der Waals surface area contributed by atoms with Crippen LogP contribution in [-0.2, 0) is 4.74 Å². The summed E-state index contributed by atoms with van der Waals surface area (Å²) >= 11 is 0. The highest BCUT2D eigenvalue weighted by molar-refractivity contribution is 5.83. The molecule has 0 aliphatic carbocycles. The molecule has 2 rings (SSSR count).